The molecule has 0 bridgehead atoms. The van der Waals surface area contributed by atoms with Crippen LogP contribution in [0, 0.1) is 6.92 Å². The molecule has 2 N–H and O–H groups in total. The molecule has 0 aromatic heterocycles. The predicted octanol–water partition coefficient (Wildman–Crippen LogP) is 1.95. The lowest BCUT2D eigenvalue weighted by atomic mass is 10.2. The van der Waals surface area contributed by atoms with E-state index in [1.54, 1.807) is 13.0 Å². The normalized spacial score (nSPS) is 21.6. The van der Waals surface area contributed by atoms with Gasteiger partial charge in [0, 0.05) is 25.7 Å². The molecule has 0 saturated carbocycles. The van der Waals surface area contributed by atoms with Gasteiger partial charge in [0.1, 0.15) is 0 Å². The van der Waals surface area contributed by atoms with Crippen LogP contribution in [0.5, 0.6) is 0 Å². The van der Waals surface area contributed by atoms with Crippen molar-refractivity contribution in [3.63, 3.8) is 0 Å². The molecule has 1 unspecified atom stereocenters. The molecule has 118 valence electrons. The fourth-order valence-electron chi connectivity index (χ4n) is 2.71. The summed E-state index contributed by atoms with van der Waals surface area (Å²) >= 11 is 6.01. The minimum absolute atomic E-state index is 0.212. The second kappa shape index (κ2) is 6.12. The fourth-order valence-corrected chi connectivity index (χ4v) is 4.45. The molecule has 21 heavy (non-hydrogen) atoms. The van der Waals surface area contributed by atoms with E-state index in [0.29, 0.717) is 29.4 Å². The molecule has 1 heterocycles. The lowest BCUT2D eigenvalue weighted by Gasteiger charge is -2.38. The van der Waals surface area contributed by atoms with Crippen LogP contribution in [0.4, 0.5) is 5.69 Å². The fraction of sp³-hybridized carbons (Fsp3) is 0.571. The van der Waals surface area contributed by atoms with Gasteiger partial charge in [0.2, 0.25) is 10.0 Å². The summed E-state index contributed by atoms with van der Waals surface area (Å²) in [6, 6.07) is 3.25. The van der Waals surface area contributed by atoms with Gasteiger partial charge in [0.05, 0.1) is 15.6 Å². The smallest absolute Gasteiger partial charge is 0.243 e. The average Bonchev–Trinajstić information content (AvgIpc) is 2.44. The Balaban J connectivity index is 2.31. The topological polar surface area (TPSA) is 66.6 Å². The van der Waals surface area contributed by atoms with Crippen molar-refractivity contribution in [3.8, 4) is 0 Å². The van der Waals surface area contributed by atoms with Crippen molar-refractivity contribution in [2.75, 3.05) is 31.9 Å². The zero-order valence-corrected chi connectivity index (χ0v) is 14.2. The Hall–Kier alpha value is -0.820. The third-order valence-electron chi connectivity index (χ3n) is 4.03. The zero-order chi connectivity index (χ0) is 15.8. The molecule has 0 amide bonds. The third-order valence-corrected chi connectivity index (χ3v) is 6.39. The number of hydrogen-bond acceptors (Lipinski definition) is 4. The molecule has 2 rings (SSSR count). The highest BCUT2D eigenvalue weighted by molar-refractivity contribution is 7.89. The van der Waals surface area contributed by atoms with E-state index in [1.165, 1.54) is 10.4 Å². The first-order chi connectivity index (χ1) is 9.77. The Morgan fingerprint density at radius 2 is 2.05 bits per heavy atom. The highest BCUT2D eigenvalue weighted by atomic mass is 35.5. The van der Waals surface area contributed by atoms with Gasteiger partial charge in [-0.2, -0.15) is 4.31 Å². The van der Waals surface area contributed by atoms with E-state index in [1.807, 2.05) is 6.92 Å². The number of nitrogens with two attached hydrogens (primary N) is 1. The first-order valence-electron chi connectivity index (χ1n) is 7.07. The van der Waals surface area contributed by atoms with E-state index in [-0.39, 0.29) is 10.9 Å². The monoisotopic (exact) mass is 331 g/mol. The number of sulfonamides is 1. The number of halogens is 1. The van der Waals surface area contributed by atoms with Crippen molar-refractivity contribution in [1.29, 1.82) is 0 Å². The number of nitrogens with zero attached hydrogens (tertiary/aromatic N) is 2. The summed E-state index contributed by atoms with van der Waals surface area (Å²) in [7, 11) is -3.52. The van der Waals surface area contributed by atoms with E-state index in [2.05, 4.69) is 11.8 Å². The zero-order valence-electron chi connectivity index (χ0n) is 12.6. The van der Waals surface area contributed by atoms with Crippen molar-refractivity contribution < 1.29 is 8.42 Å². The van der Waals surface area contributed by atoms with Crippen molar-refractivity contribution in [3.05, 3.63) is 22.7 Å². The SMILES string of the molecule is CCN1CCN(S(=O)(=O)c2cc(C)c(Cl)c(N)c2)CC1C. The molecular formula is C14H22ClN3O2S. The molecule has 0 radical (unpaired) electrons. The number of anilines is 1. The highest BCUT2D eigenvalue weighted by Gasteiger charge is 2.32. The lowest BCUT2D eigenvalue weighted by molar-refractivity contribution is 0.135. The summed E-state index contributed by atoms with van der Waals surface area (Å²) in [5.74, 6) is 0. The molecule has 1 fully saturated rings. The Morgan fingerprint density at radius 1 is 1.38 bits per heavy atom. The predicted molar refractivity (Wildman–Crippen MR) is 86.1 cm³/mol. The summed E-state index contributed by atoms with van der Waals surface area (Å²) in [5.41, 5.74) is 6.77. The van der Waals surface area contributed by atoms with Crippen molar-refractivity contribution >= 4 is 27.3 Å². The standard InChI is InChI=1S/C14H22ClN3O2S/c1-4-17-5-6-18(9-11(17)3)21(19,20)12-7-10(2)14(15)13(16)8-12/h7-8,11H,4-6,9,16H2,1-3H3. The van der Waals surface area contributed by atoms with E-state index in [0.717, 1.165) is 13.1 Å². The second-order valence-electron chi connectivity index (χ2n) is 5.48. The van der Waals surface area contributed by atoms with Crippen molar-refractivity contribution in [2.24, 2.45) is 0 Å². The van der Waals surface area contributed by atoms with Crippen LogP contribution in [0.3, 0.4) is 0 Å². The van der Waals surface area contributed by atoms with Gasteiger partial charge < -0.3 is 5.73 Å². The van der Waals surface area contributed by atoms with Gasteiger partial charge in [-0.05, 0) is 38.1 Å². The molecule has 5 nitrogen and oxygen atoms in total. The summed E-state index contributed by atoms with van der Waals surface area (Å²) in [5, 5.41) is 0.415. The molecule has 1 saturated heterocycles. The summed E-state index contributed by atoms with van der Waals surface area (Å²) < 4.78 is 27.0. The number of nitrogen functional groups attached to an aromatic ring is 1. The van der Waals surface area contributed by atoms with E-state index in [9.17, 15) is 8.42 Å². The number of likely N-dealkylation sites (N-methyl/N-ethyl adjacent to an activating group) is 1. The number of piperazine rings is 1. The van der Waals surface area contributed by atoms with Gasteiger partial charge in [-0.15, -0.1) is 0 Å². The quantitative estimate of drug-likeness (QED) is 0.860. The molecule has 1 aromatic rings. The Bertz CT molecular complexity index is 610. The van der Waals surface area contributed by atoms with Crippen LogP contribution < -0.4 is 5.73 Å². The number of aryl methyl sites for hydroxylation is 1. The van der Waals surface area contributed by atoms with Crippen LogP contribution in [-0.4, -0.2) is 49.8 Å². The molecular weight excluding hydrogens is 310 g/mol. The summed E-state index contributed by atoms with van der Waals surface area (Å²) in [6.45, 7) is 8.58. The highest BCUT2D eigenvalue weighted by Crippen LogP contribution is 2.29. The van der Waals surface area contributed by atoms with Gasteiger partial charge in [0.15, 0.2) is 0 Å². The molecule has 1 aromatic carbocycles. The average molecular weight is 332 g/mol. The molecule has 7 heteroatoms. The maximum absolute atomic E-state index is 12.8. The Labute approximate surface area is 131 Å². The number of benzene rings is 1. The van der Waals surface area contributed by atoms with Crippen LogP contribution >= 0.6 is 11.6 Å². The Kier molecular flexibility index (Phi) is 4.82. The summed E-state index contributed by atoms with van der Waals surface area (Å²) in [4.78, 5) is 2.49. The van der Waals surface area contributed by atoms with E-state index < -0.39 is 10.0 Å². The Morgan fingerprint density at radius 3 is 2.57 bits per heavy atom. The second-order valence-corrected chi connectivity index (χ2v) is 7.80. The third kappa shape index (κ3) is 3.18. The van der Waals surface area contributed by atoms with E-state index >= 15 is 0 Å². The molecule has 1 atom stereocenters. The van der Waals surface area contributed by atoms with Gasteiger partial charge in [-0.3, -0.25) is 4.90 Å². The van der Waals surface area contributed by atoms with Crippen LogP contribution in [0.25, 0.3) is 0 Å². The minimum Gasteiger partial charge on any atom is -0.397 e. The van der Waals surface area contributed by atoms with Crippen molar-refractivity contribution in [2.45, 2.75) is 31.7 Å². The first-order valence-corrected chi connectivity index (χ1v) is 8.89. The number of hydrogen-bond donors (Lipinski definition) is 1. The van der Waals surface area contributed by atoms with Gasteiger partial charge >= 0.3 is 0 Å². The maximum Gasteiger partial charge on any atom is 0.243 e. The first kappa shape index (κ1) is 16.5. The van der Waals surface area contributed by atoms with E-state index in [4.69, 9.17) is 17.3 Å². The van der Waals surface area contributed by atoms with Gasteiger partial charge in [-0.25, -0.2) is 8.42 Å². The van der Waals surface area contributed by atoms with Crippen LogP contribution in [0.2, 0.25) is 5.02 Å². The molecule has 1 aliphatic rings. The van der Waals surface area contributed by atoms with Crippen LogP contribution in [0.1, 0.15) is 19.4 Å². The molecule has 0 spiro atoms. The molecule has 0 aliphatic carbocycles. The maximum atomic E-state index is 12.8. The van der Waals surface area contributed by atoms with Crippen molar-refractivity contribution in [1.82, 2.24) is 9.21 Å². The van der Waals surface area contributed by atoms with Crippen LogP contribution in [0.15, 0.2) is 17.0 Å². The largest absolute Gasteiger partial charge is 0.397 e. The number of rotatable bonds is 3. The molecule has 1 aliphatic heterocycles. The lowest BCUT2D eigenvalue weighted by Crippen LogP contribution is -2.53. The minimum atomic E-state index is -3.52. The van der Waals surface area contributed by atoms with Gasteiger partial charge in [0.25, 0.3) is 0 Å². The summed E-state index contributed by atoms with van der Waals surface area (Å²) in [6.07, 6.45) is 0. The van der Waals surface area contributed by atoms with Crippen LogP contribution in [-0.2, 0) is 10.0 Å². The van der Waals surface area contributed by atoms with Gasteiger partial charge in [-0.1, -0.05) is 18.5 Å².